The molecular weight excluding hydrogens is 2230 g/mol. The summed E-state index contributed by atoms with van der Waals surface area (Å²) < 4.78 is 68.2. The maximum atomic E-state index is 8.61. The number of halogens is 4. The lowest BCUT2D eigenvalue weighted by atomic mass is 10.1. The number of allylic oxidation sites excluding steroid dienone is 2. The predicted molar refractivity (Wildman–Crippen MR) is 705 cm³/mol. The van der Waals surface area contributed by atoms with Crippen LogP contribution in [0.4, 0.5) is 0 Å². The van der Waals surface area contributed by atoms with Gasteiger partial charge in [-0.1, -0.05) is 351 Å². The van der Waals surface area contributed by atoms with E-state index < -0.39 is 129 Å². The smallest absolute Gasteiger partial charge is 0.528 e. The van der Waals surface area contributed by atoms with E-state index in [2.05, 4.69) is 480 Å². The molecule has 148 heavy (non-hydrogen) atoms. The molecule has 0 bridgehead atoms. The summed E-state index contributed by atoms with van der Waals surface area (Å²) in [7, 11) is -12.4. The van der Waals surface area contributed by atoms with Crippen LogP contribution in [0, 0.1) is 68.4 Å². The van der Waals surface area contributed by atoms with Crippen molar-refractivity contribution in [1.29, 1.82) is 0 Å². The van der Waals surface area contributed by atoms with E-state index in [1.807, 2.05) is 54.0 Å². The van der Waals surface area contributed by atoms with Crippen molar-refractivity contribution >= 4 is 201 Å². The van der Waals surface area contributed by atoms with Crippen LogP contribution in [0.2, 0.25) is 227 Å². The lowest BCUT2D eigenvalue weighted by Gasteiger charge is -2.30. The highest BCUT2D eigenvalue weighted by Crippen LogP contribution is 2.23. The van der Waals surface area contributed by atoms with Crippen LogP contribution in [-0.2, 0) is 63.6 Å². The Labute approximate surface area is 948 Å². The fourth-order valence-corrected chi connectivity index (χ4v) is 28.7. The van der Waals surface area contributed by atoms with Crippen LogP contribution in [-0.4, -0.2) is 242 Å². The third-order valence-electron chi connectivity index (χ3n) is 17.8. The standard InChI is InChI=1S/C20H18Si.C16H22Si2.C11H24O6Si.C10H18Si2.C8H18O2Si.C8H18Si2.C8H18Si.C7H16O2Si.C6H11BrSi.C6H14OSi.C5H12O3Si.C5H12Si.C2H3Cl3Si.CH2O/c1-2-21(18-12-6-3-7-13-18,19-14-8-4-9-15-19)20-16-10-5-11-17-20;1-17(2,3)12-10-15-8-7-9-16(14-15)11-13-18(4,5)6;1-4-18(10-9-15-11-12,16-7-5-13-2)17-8-6-14-3;1-11(2,3)9-7-8-10-12(4,5)6;1-7(2)8(9-3)10-11(4,5)6;1-9(2,3)7-8-10(4,5)6;1-5-9(6-2,7-3)8-4;1-5-8-10(4,7-3)9-6-2;1-8(2,3)6-4-5-7;1-6(2)7-8(3,4)5;1-5-9(6-2,7-3)8-4;1-5-6(2,3)4;1-2-6(3,4)5;1-2/h2-17H,1H2;7-9,14H,1-6H3;4,12H,1,5-11H2,2-3H3;1-6H3;1-6H3;1-6H3;5H,1,6-8H2,2-4H3;7H,3,5-6H2,1-2,4H3;5H2,1-3H3;1H2,2-5H3;5H,1H2,2-4H3;5H,1H2,2-4H3;2H,1H2;1H2. The lowest BCUT2D eigenvalue weighted by molar-refractivity contribution is -0.0980. The predicted octanol–water partition coefficient (Wildman–Crippen LogP) is 30.2. The summed E-state index contributed by atoms with van der Waals surface area (Å²) in [6.07, 6.45) is 0. The summed E-state index contributed by atoms with van der Waals surface area (Å²) in [4.78, 5) is 8.00. The van der Waals surface area contributed by atoms with Crippen molar-refractivity contribution in [2.75, 3.05) is 101 Å². The second kappa shape index (κ2) is 88.4. The van der Waals surface area contributed by atoms with E-state index in [1.54, 1.807) is 59.8 Å². The van der Waals surface area contributed by atoms with E-state index in [4.69, 9.17) is 102 Å². The van der Waals surface area contributed by atoms with Gasteiger partial charge < -0.3 is 68.7 Å². The third kappa shape index (κ3) is 107. The fraction of sp³-hybridized carbons (Fsp3) is 0.513. The quantitative estimate of drug-likeness (QED) is 0.00664. The summed E-state index contributed by atoms with van der Waals surface area (Å²) >= 11 is 19.1. The van der Waals surface area contributed by atoms with Gasteiger partial charge in [0.2, 0.25) is 16.6 Å². The molecule has 15 nitrogen and oxygen atoms in total. The SMILES string of the molecule is C=C(C)O[Si](C)(C)C.C=C[Si](C)(C)C.C=C[Si](C)(OCC)OCC.C=C[Si](CC)(CC)CC.C=C[Si](CCOCO)(OCCOC)OCCOC.C=C[Si](Cl)(Cl)Cl.C=C[Si](OC)(OC)OC.C=C[Si](c1ccccc1)(c1ccccc1)c1ccccc1.C=O.COC(O[Si](C)(C)C)=C(C)C.C[Si](C)(C)C#CC#C[Si](C)(C)C.C[Si](C)(C)C#CCBr.C[Si](C)(C)C#C[Si](C)(C)C.C[Si](C)(C)C#Cc1cccc(C#C[Si](C)(C)C)c1. The van der Waals surface area contributed by atoms with Crippen LogP contribution in [0.25, 0.3) is 0 Å². The molecule has 0 aliphatic heterocycles. The summed E-state index contributed by atoms with van der Waals surface area (Å²) in [6, 6.07) is 42.8. The second-order valence-corrected chi connectivity index (χ2v) is 118. The van der Waals surface area contributed by atoms with Crippen molar-refractivity contribution < 1.29 is 68.7 Å². The number of ether oxygens (including phenoxy) is 4. The highest BCUT2D eigenvalue weighted by molar-refractivity contribution is 9.09. The zero-order valence-corrected chi connectivity index (χ0v) is 121. The van der Waals surface area contributed by atoms with E-state index in [1.165, 1.54) is 39.4 Å². The first-order chi connectivity index (χ1) is 67.8. The number of rotatable bonds is 37. The van der Waals surface area contributed by atoms with Crippen molar-refractivity contribution in [3.63, 3.8) is 0 Å². The average molecular weight is 2440 g/mol. The number of methoxy groups -OCH3 is 3. The number of benzene rings is 4. The molecule has 0 spiro atoms. The van der Waals surface area contributed by atoms with E-state index in [9.17, 15) is 0 Å². The van der Waals surface area contributed by atoms with Crippen molar-refractivity contribution in [2.24, 2.45) is 0 Å². The van der Waals surface area contributed by atoms with E-state index in [-0.39, 0.29) is 6.79 Å². The number of carbonyl (C=O) groups is 1. The number of carbonyl (C=O) groups excluding carboxylic acids is 1. The molecule has 4 rings (SSSR count). The van der Waals surface area contributed by atoms with Gasteiger partial charge in [-0.25, -0.2) is 0 Å². The minimum Gasteiger partial charge on any atom is -0.548 e. The average Bonchev–Trinajstić information content (AvgIpc) is 0.759. The van der Waals surface area contributed by atoms with E-state index >= 15 is 0 Å². The number of aliphatic hydroxyl groups excluding tert-OH is 1. The Balaban J connectivity index is -0.000000177. The first-order valence-corrected chi connectivity index (χ1v) is 102. The Morgan fingerprint density at radius 3 is 0.885 bits per heavy atom. The molecule has 0 heterocycles. The molecule has 35 heteroatoms. The maximum absolute atomic E-state index is 8.61. The van der Waals surface area contributed by atoms with Crippen LogP contribution < -0.4 is 15.6 Å². The Morgan fingerprint density at radius 2 is 0.716 bits per heavy atom. The Bertz CT molecular complexity index is 4350. The molecular formula is C113H206BrCl3O15Si16. The summed E-state index contributed by atoms with van der Waals surface area (Å²) in [5, 5.41) is 13.5. The van der Waals surface area contributed by atoms with E-state index in [0.29, 0.717) is 58.2 Å². The summed E-state index contributed by atoms with van der Waals surface area (Å²) in [6.45, 7) is 121. The molecule has 0 amide bonds. The maximum Gasteiger partial charge on any atom is 0.528 e. The Kier molecular flexibility index (Phi) is 97.6. The normalized spacial score (nSPS) is 11.1. The van der Waals surface area contributed by atoms with Gasteiger partial charge >= 0.3 is 31.9 Å². The lowest BCUT2D eigenvalue weighted by Crippen LogP contribution is -2.65. The van der Waals surface area contributed by atoms with Gasteiger partial charge in [-0.05, 0) is 143 Å². The zero-order valence-electron chi connectivity index (χ0n) is 101. The topological polar surface area (TPSA) is 157 Å². The Hall–Kier alpha value is -4.65. The van der Waals surface area contributed by atoms with Crippen LogP contribution in [0.3, 0.4) is 0 Å². The highest BCUT2D eigenvalue weighted by atomic mass is 79.9. The summed E-state index contributed by atoms with van der Waals surface area (Å²) in [5.74, 6) is 17.0. The highest BCUT2D eigenvalue weighted by Gasteiger charge is 2.38. The number of hydrogen-bond donors (Lipinski definition) is 1. The molecule has 0 fully saturated rings. The van der Waals surface area contributed by atoms with Gasteiger partial charge in [0.15, 0.2) is 8.07 Å². The van der Waals surface area contributed by atoms with Gasteiger partial charge in [-0.3, -0.25) is 0 Å². The second-order valence-electron chi connectivity index (χ2n) is 43.7. The number of aliphatic hydroxyl groups is 1. The molecule has 0 saturated heterocycles. The monoisotopic (exact) mass is 2430 g/mol. The first-order valence-electron chi connectivity index (χ1n) is 50.2. The minimum absolute atomic E-state index is 0.308. The van der Waals surface area contributed by atoms with Crippen LogP contribution in [0.5, 0.6) is 0 Å². The van der Waals surface area contributed by atoms with Crippen LogP contribution in [0.15, 0.2) is 225 Å². The third-order valence-corrected chi connectivity index (χ3v) is 46.3. The Morgan fingerprint density at radius 1 is 0.392 bits per heavy atom. The molecule has 0 aliphatic carbocycles. The van der Waals surface area contributed by atoms with Crippen molar-refractivity contribution in [1.82, 2.24) is 0 Å². The number of hydrogen-bond acceptors (Lipinski definition) is 15. The molecule has 0 atom stereocenters. The summed E-state index contributed by atoms with van der Waals surface area (Å²) in [5.41, 5.74) is 39.5. The van der Waals surface area contributed by atoms with Crippen LogP contribution in [0.1, 0.15) is 66.5 Å². The van der Waals surface area contributed by atoms with Gasteiger partial charge in [0.05, 0.1) is 67.4 Å². The molecule has 4 aromatic rings. The zero-order chi connectivity index (χ0) is 118. The van der Waals surface area contributed by atoms with Gasteiger partial charge in [0, 0.05) is 71.5 Å². The molecule has 0 unspecified atom stereocenters. The minimum atomic E-state index is -2.51. The van der Waals surface area contributed by atoms with Gasteiger partial charge in [0.1, 0.15) is 70.1 Å². The van der Waals surface area contributed by atoms with Crippen LogP contribution >= 0.6 is 49.2 Å². The molecule has 0 saturated carbocycles. The largest absolute Gasteiger partial charge is 0.548 e. The first kappa shape index (κ1) is 163. The molecule has 1 N–H and O–H groups in total. The van der Waals surface area contributed by atoms with Crippen molar-refractivity contribution in [2.45, 2.75) is 283 Å². The van der Waals surface area contributed by atoms with Gasteiger partial charge in [-0.15, -0.1) is 123 Å². The van der Waals surface area contributed by atoms with Crippen molar-refractivity contribution in [3.8, 4) is 68.4 Å². The van der Waals surface area contributed by atoms with Crippen molar-refractivity contribution in [3.05, 3.63) is 236 Å². The molecule has 0 aliphatic rings. The number of alkyl halides is 1. The molecule has 4 aromatic carbocycles. The molecule has 0 aromatic heterocycles. The van der Waals surface area contributed by atoms with E-state index in [0.717, 1.165) is 27.8 Å². The molecule has 840 valence electrons. The fourth-order valence-electron chi connectivity index (χ4n) is 10.1. The van der Waals surface area contributed by atoms with Gasteiger partial charge in [-0.2, -0.15) is 0 Å². The van der Waals surface area contributed by atoms with Gasteiger partial charge in [0.25, 0.3) is 5.95 Å². The molecule has 0 radical (unpaired) electrons.